The minimum Gasteiger partial charge on any atom is -0.321 e. The lowest BCUT2D eigenvalue weighted by Crippen LogP contribution is -2.32. The third-order valence-electron chi connectivity index (χ3n) is 3.67. The van der Waals surface area contributed by atoms with Gasteiger partial charge in [-0.1, -0.05) is 25.0 Å². The fraction of sp³-hybridized carbons (Fsp3) is 0.357. The van der Waals surface area contributed by atoms with Gasteiger partial charge < -0.3 is 5.73 Å². The summed E-state index contributed by atoms with van der Waals surface area (Å²) >= 11 is 0. The van der Waals surface area contributed by atoms with Gasteiger partial charge in [0.2, 0.25) is 0 Å². The Bertz CT molecular complexity index is 513. The molecule has 0 amide bonds. The lowest BCUT2D eigenvalue weighted by atomic mass is 9.88. The maximum atomic E-state index is 6.45. The van der Waals surface area contributed by atoms with Crippen molar-refractivity contribution >= 4 is 10.9 Å². The summed E-state index contributed by atoms with van der Waals surface area (Å²) in [5, 5.41) is 1.19. The van der Waals surface area contributed by atoms with E-state index in [1.54, 1.807) is 0 Å². The van der Waals surface area contributed by atoms with Gasteiger partial charge in [0.05, 0.1) is 5.52 Å². The van der Waals surface area contributed by atoms with Crippen molar-refractivity contribution in [2.24, 2.45) is 5.73 Å². The van der Waals surface area contributed by atoms with E-state index in [-0.39, 0.29) is 5.54 Å². The van der Waals surface area contributed by atoms with Gasteiger partial charge in [-0.25, -0.2) is 0 Å². The number of benzene rings is 1. The molecule has 0 spiro atoms. The van der Waals surface area contributed by atoms with Gasteiger partial charge in [0.15, 0.2) is 0 Å². The molecule has 1 heterocycles. The average molecular weight is 212 g/mol. The zero-order chi connectivity index (χ0) is 11.0. The van der Waals surface area contributed by atoms with Crippen LogP contribution in [-0.2, 0) is 5.54 Å². The highest BCUT2D eigenvalue weighted by molar-refractivity contribution is 5.79. The summed E-state index contributed by atoms with van der Waals surface area (Å²) < 4.78 is 0. The second-order valence-corrected chi connectivity index (χ2v) is 4.77. The molecular formula is C14H16N2. The second kappa shape index (κ2) is 3.56. The smallest absolute Gasteiger partial charge is 0.0702 e. The van der Waals surface area contributed by atoms with Crippen molar-refractivity contribution in [1.29, 1.82) is 0 Å². The van der Waals surface area contributed by atoms with Crippen LogP contribution in [0.4, 0.5) is 0 Å². The van der Waals surface area contributed by atoms with E-state index in [0.29, 0.717) is 0 Å². The summed E-state index contributed by atoms with van der Waals surface area (Å²) in [6.45, 7) is 0. The molecule has 1 saturated carbocycles. The van der Waals surface area contributed by atoms with Crippen LogP contribution in [0.2, 0.25) is 0 Å². The van der Waals surface area contributed by atoms with Gasteiger partial charge in [-0.2, -0.15) is 0 Å². The van der Waals surface area contributed by atoms with Crippen molar-refractivity contribution in [2.75, 3.05) is 0 Å². The Morgan fingerprint density at radius 3 is 2.75 bits per heavy atom. The zero-order valence-corrected chi connectivity index (χ0v) is 9.32. The Morgan fingerprint density at radius 1 is 1.12 bits per heavy atom. The predicted octanol–water partition coefficient (Wildman–Crippen LogP) is 2.96. The summed E-state index contributed by atoms with van der Waals surface area (Å²) in [5.74, 6) is 0. The van der Waals surface area contributed by atoms with E-state index in [1.807, 2.05) is 12.3 Å². The molecule has 0 atom stereocenters. The van der Waals surface area contributed by atoms with Crippen LogP contribution in [0.1, 0.15) is 31.2 Å². The highest BCUT2D eigenvalue weighted by Crippen LogP contribution is 2.36. The SMILES string of the molecule is NC1(c2ccc3ncccc3c2)CCCC1. The Balaban J connectivity index is 2.11. The van der Waals surface area contributed by atoms with Gasteiger partial charge >= 0.3 is 0 Å². The minimum absolute atomic E-state index is 0.0932. The van der Waals surface area contributed by atoms with E-state index in [0.717, 1.165) is 18.4 Å². The summed E-state index contributed by atoms with van der Waals surface area (Å²) in [7, 11) is 0. The Hall–Kier alpha value is -1.41. The van der Waals surface area contributed by atoms with E-state index in [1.165, 1.54) is 23.8 Å². The first-order valence-corrected chi connectivity index (χ1v) is 5.92. The van der Waals surface area contributed by atoms with E-state index in [4.69, 9.17) is 5.73 Å². The zero-order valence-electron chi connectivity index (χ0n) is 9.32. The molecule has 2 N–H and O–H groups in total. The molecule has 2 nitrogen and oxygen atoms in total. The summed E-state index contributed by atoms with van der Waals surface area (Å²) in [6, 6.07) is 10.5. The largest absolute Gasteiger partial charge is 0.321 e. The monoisotopic (exact) mass is 212 g/mol. The molecule has 1 fully saturated rings. The van der Waals surface area contributed by atoms with Crippen molar-refractivity contribution in [3.05, 3.63) is 42.1 Å². The molecule has 0 saturated heterocycles. The molecule has 1 aliphatic rings. The van der Waals surface area contributed by atoms with Gasteiger partial charge in [0, 0.05) is 17.1 Å². The summed E-state index contributed by atoms with van der Waals surface area (Å²) in [6.07, 6.45) is 6.55. The van der Waals surface area contributed by atoms with Crippen molar-refractivity contribution in [3.63, 3.8) is 0 Å². The number of fused-ring (bicyclic) bond motifs is 1. The number of hydrogen-bond donors (Lipinski definition) is 1. The first-order valence-electron chi connectivity index (χ1n) is 5.92. The van der Waals surface area contributed by atoms with Crippen LogP contribution in [-0.4, -0.2) is 4.98 Å². The maximum Gasteiger partial charge on any atom is 0.0702 e. The third-order valence-corrected chi connectivity index (χ3v) is 3.67. The first kappa shape index (κ1) is 9.79. The van der Waals surface area contributed by atoms with Crippen LogP contribution < -0.4 is 5.73 Å². The minimum atomic E-state index is -0.0932. The highest BCUT2D eigenvalue weighted by atomic mass is 14.8. The molecule has 1 aromatic carbocycles. The Kier molecular flexibility index (Phi) is 2.18. The summed E-state index contributed by atoms with van der Waals surface area (Å²) in [4.78, 5) is 4.33. The molecular weight excluding hydrogens is 196 g/mol. The van der Waals surface area contributed by atoms with Crippen molar-refractivity contribution in [2.45, 2.75) is 31.2 Å². The van der Waals surface area contributed by atoms with Gasteiger partial charge in [-0.15, -0.1) is 0 Å². The molecule has 2 aromatic rings. The highest BCUT2D eigenvalue weighted by Gasteiger charge is 2.31. The standard InChI is InChI=1S/C14H16N2/c15-14(7-1-2-8-14)12-5-6-13-11(10-12)4-3-9-16-13/h3-6,9-10H,1-2,7-8,15H2. The molecule has 2 heteroatoms. The third kappa shape index (κ3) is 1.50. The van der Waals surface area contributed by atoms with Crippen LogP contribution in [0, 0.1) is 0 Å². The van der Waals surface area contributed by atoms with Gasteiger partial charge in [-0.3, -0.25) is 4.98 Å². The van der Waals surface area contributed by atoms with Crippen molar-refractivity contribution in [3.8, 4) is 0 Å². The molecule has 1 aromatic heterocycles. The van der Waals surface area contributed by atoms with Crippen LogP contribution in [0.3, 0.4) is 0 Å². The van der Waals surface area contributed by atoms with Crippen LogP contribution in [0.25, 0.3) is 10.9 Å². The molecule has 0 bridgehead atoms. The van der Waals surface area contributed by atoms with Crippen molar-refractivity contribution in [1.82, 2.24) is 4.98 Å². The number of rotatable bonds is 1. The second-order valence-electron chi connectivity index (χ2n) is 4.77. The van der Waals surface area contributed by atoms with Gasteiger partial charge in [0.1, 0.15) is 0 Å². The number of aromatic nitrogens is 1. The normalized spacial score (nSPS) is 19.1. The molecule has 0 radical (unpaired) electrons. The molecule has 1 aliphatic carbocycles. The topological polar surface area (TPSA) is 38.9 Å². The number of pyridine rings is 1. The van der Waals surface area contributed by atoms with E-state index >= 15 is 0 Å². The molecule has 16 heavy (non-hydrogen) atoms. The first-order chi connectivity index (χ1) is 7.78. The maximum absolute atomic E-state index is 6.45. The number of hydrogen-bond acceptors (Lipinski definition) is 2. The van der Waals surface area contributed by atoms with Crippen LogP contribution >= 0.6 is 0 Å². The lowest BCUT2D eigenvalue weighted by molar-refractivity contribution is 0.462. The lowest BCUT2D eigenvalue weighted by Gasteiger charge is -2.24. The summed E-state index contributed by atoms with van der Waals surface area (Å²) in [5.41, 5.74) is 8.68. The average Bonchev–Trinajstić information content (AvgIpc) is 2.77. The molecule has 0 unspecified atom stereocenters. The van der Waals surface area contributed by atoms with Crippen molar-refractivity contribution < 1.29 is 0 Å². The van der Waals surface area contributed by atoms with Gasteiger partial charge in [0.25, 0.3) is 0 Å². The van der Waals surface area contributed by atoms with Crippen LogP contribution in [0.5, 0.6) is 0 Å². The van der Waals surface area contributed by atoms with E-state index in [9.17, 15) is 0 Å². The molecule has 0 aliphatic heterocycles. The number of nitrogens with zero attached hydrogens (tertiary/aromatic N) is 1. The van der Waals surface area contributed by atoms with Crippen LogP contribution in [0.15, 0.2) is 36.5 Å². The Morgan fingerprint density at radius 2 is 1.94 bits per heavy atom. The molecule has 82 valence electrons. The number of nitrogens with two attached hydrogens (primary N) is 1. The molecule has 3 rings (SSSR count). The quantitative estimate of drug-likeness (QED) is 0.789. The Labute approximate surface area is 95.5 Å². The fourth-order valence-electron chi connectivity index (χ4n) is 2.68. The van der Waals surface area contributed by atoms with Gasteiger partial charge in [-0.05, 0) is 36.6 Å². The predicted molar refractivity (Wildman–Crippen MR) is 66.1 cm³/mol. The fourth-order valence-corrected chi connectivity index (χ4v) is 2.68. The van der Waals surface area contributed by atoms with E-state index < -0.39 is 0 Å². The van der Waals surface area contributed by atoms with E-state index in [2.05, 4.69) is 29.2 Å².